The van der Waals surface area contributed by atoms with Gasteiger partial charge in [-0.25, -0.2) is 9.78 Å². The molecule has 0 spiro atoms. The highest BCUT2D eigenvalue weighted by Crippen LogP contribution is 2.17. The molecule has 28 heavy (non-hydrogen) atoms. The van der Waals surface area contributed by atoms with Crippen LogP contribution in [0.4, 0.5) is 10.6 Å². The van der Waals surface area contributed by atoms with E-state index in [0.717, 1.165) is 55.6 Å². The minimum Gasteiger partial charge on any atom is -0.360 e. The number of amides is 2. The number of piperazine rings is 1. The van der Waals surface area contributed by atoms with E-state index in [-0.39, 0.29) is 6.03 Å². The molecule has 2 fully saturated rings. The number of hydrogen-bond donors (Lipinski definition) is 1. The summed E-state index contributed by atoms with van der Waals surface area (Å²) in [6.45, 7) is 8.44. The third-order valence-electron chi connectivity index (χ3n) is 5.40. The number of nitrogens with zero attached hydrogens (tertiary/aromatic N) is 5. The maximum atomic E-state index is 12.5. The quantitative estimate of drug-likeness (QED) is 0.850. The van der Waals surface area contributed by atoms with Crippen molar-refractivity contribution in [2.75, 3.05) is 44.2 Å². The molecule has 0 saturated carbocycles. The predicted octanol–water partition coefficient (Wildman–Crippen LogP) is 2.01. The van der Waals surface area contributed by atoms with E-state index in [2.05, 4.69) is 37.4 Å². The van der Waals surface area contributed by atoms with E-state index in [9.17, 15) is 4.79 Å². The maximum absolute atomic E-state index is 12.5. The summed E-state index contributed by atoms with van der Waals surface area (Å²) in [4.78, 5) is 23.5. The fourth-order valence-corrected chi connectivity index (χ4v) is 3.76. The second kappa shape index (κ2) is 8.60. The van der Waals surface area contributed by atoms with Gasteiger partial charge in [-0.15, -0.1) is 0 Å². The third kappa shape index (κ3) is 4.62. The highest BCUT2D eigenvalue weighted by molar-refractivity contribution is 5.74. The van der Waals surface area contributed by atoms with Crippen LogP contribution in [-0.4, -0.2) is 65.2 Å². The van der Waals surface area contributed by atoms with Crippen LogP contribution in [0.25, 0.3) is 0 Å². The zero-order valence-corrected chi connectivity index (χ0v) is 16.4. The summed E-state index contributed by atoms with van der Waals surface area (Å²) in [6.07, 6.45) is 4.35. The molecule has 2 aromatic rings. The van der Waals surface area contributed by atoms with Crippen molar-refractivity contribution in [1.29, 1.82) is 0 Å². The summed E-state index contributed by atoms with van der Waals surface area (Å²) < 4.78 is 5.28. The molecule has 0 unspecified atom stereocenters. The van der Waals surface area contributed by atoms with Crippen molar-refractivity contribution < 1.29 is 9.32 Å². The summed E-state index contributed by atoms with van der Waals surface area (Å²) in [6, 6.07) is 6.05. The molecule has 0 aromatic carbocycles. The predicted molar refractivity (Wildman–Crippen MR) is 106 cm³/mol. The lowest BCUT2D eigenvalue weighted by atomic mass is 10.2. The molecule has 2 saturated heterocycles. The lowest BCUT2D eigenvalue weighted by Crippen LogP contribution is -2.51. The number of pyridine rings is 1. The van der Waals surface area contributed by atoms with E-state index in [4.69, 9.17) is 4.52 Å². The first-order valence-corrected chi connectivity index (χ1v) is 10.0. The Balaban J connectivity index is 1.20. The number of aryl methyl sites for hydroxylation is 1. The Bertz CT molecular complexity index is 776. The smallest absolute Gasteiger partial charge is 0.317 e. The Morgan fingerprint density at radius 1 is 1.14 bits per heavy atom. The molecule has 8 heteroatoms. The molecule has 2 aromatic heterocycles. The largest absolute Gasteiger partial charge is 0.360 e. The van der Waals surface area contributed by atoms with Crippen molar-refractivity contribution >= 4 is 11.8 Å². The van der Waals surface area contributed by atoms with Crippen LogP contribution in [-0.2, 0) is 13.1 Å². The van der Waals surface area contributed by atoms with Gasteiger partial charge in [-0.05, 0) is 31.4 Å². The van der Waals surface area contributed by atoms with Crippen molar-refractivity contribution in [1.82, 2.24) is 25.3 Å². The average Bonchev–Trinajstić information content (AvgIpc) is 3.39. The van der Waals surface area contributed by atoms with E-state index < -0.39 is 0 Å². The molecule has 4 heterocycles. The second-order valence-corrected chi connectivity index (χ2v) is 7.58. The number of rotatable bonds is 5. The van der Waals surface area contributed by atoms with Crippen LogP contribution in [0.3, 0.4) is 0 Å². The summed E-state index contributed by atoms with van der Waals surface area (Å²) in [7, 11) is 0. The number of aromatic nitrogens is 2. The van der Waals surface area contributed by atoms with Gasteiger partial charge in [0.2, 0.25) is 0 Å². The molecular weight excluding hydrogens is 356 g/mol. The monoisotopic (exact) mass is 384 g/mol. The van der Waals surface area contributed by atoms with Crippen molar-refractivity contribution in [3.05, 3.63) is 41.4 Å². The minimum absolute atomic E-state index is 0.0150. The molecular formula is C20H28N6O2. The Morgan fingerprint density at radius 3 is 2.57 bits per heavy atom. The minimum atomic E-state index is -0.0150. The maximum Gasteiger partial charge on any atom is 0.317 e. The van der Waals surface area contributed by atoms with Crippen LogP contribution in [0.2, 0.25) is 0 Å². The number of hydrogen-bond acceptors (Lipinski definition) is 6. The van der Waals surface area contributed by atoms with Crippen molar-refractivity contribution in [3.63, 3.8) is 0 Å². The zero-order valence-electron chi connectivity index (χ0n) is 16.4. The van der Waals surface area contributed by atoms with Crippen LogP contribution in [0.15, 0.2) is 28.9 Å². The topological polar surface area (TPSA) is 77.7 Å². The van der Waals surface area contributed by atoms with Crippen LogP contribution in [0.5, 0.6) is 0 Å². The Kier molecular flexibility index (Phi) is 5.76. The van der Waals surface area contributed by atoms with Gasteiger partial charge in [0.15, 0.2) is 5.76 Å². The van der Waals surface area contributed by atoms with Crippen LogP contribution >= 0.6 is 0 Å². The molecule has 2 aliphatic rings. The number of carbonyl (C=O) groups excluding carboxylic acids is 1. The summed E-state index contributed by atoms with van der Waals surface area (Å²) >= 11 is 0. The fraction of sp³-hybridized carbons (Fsp3) is 0.550. The van der Waals surface area contributed by atoms with Gasteiger partial charge >= 0.3 is 6.03 Å². The molecule has 8 nitrogen and oxygen atoms in total. The lowest BCUT2D eigenvalue weighted by molar-refractivity contribution is 0.128. The summed E-state index contributed by atoms with van der Waals surface area (Å²) in [5.41, 5.74) is 1.92. The van der Waals surface area contributed by atoms with Gasteiger partial charge in [0, 0.05) is 58.1 Å². The van der Waals surface area contributed by atoms with Crippen LogP contribution in [0, 0.1) is 6.92 Å². The Morgan fingerprint density at radius 2 is 1.93 bits per heavy atom. The van der Waals surface area contributed by atoms with Gasteiger partial charge in [0.05, 0.1) is 12.2 Å². The third-order valence-corrected chi connectivity index (χ3v) is 5.40. The molecule has 0 atom stereocenters. The fourth-order valence-electron chi connectivity index (χ4n) is 3.76. The number of nitrogens with one attached hydrogen (secondary N) is 1. The number of anilines is 1. The van der Waals surface area contributed by atoms with E-state index >= 15 is 0 Å². The molecule has 2 amide bonds. The first kappa shape index (κ1) is 18.7. The Hall–Kier alpha value is -2.61. The Labute approximate surface area is 165 Å². The van der Waals surface area contributed by atoms with Gasteiger partial charge in [0.1, 0.15) is 5.82 Å². The molecule has 0 radical (unpaired) electrons. The summed E-state index contributed by atoms with van der Waals surface area (Å²) in [5, 5.41) is 6.93. The molecule has 0 aliphatic carbocycles. The van der Waals surface area contributed by atoms with Gasteiger partial charge in [-0.2, -0.15) is 0 Å². The first-order valence-electron chi connectivity index (χ1n) is 10.0. The van der Waals surface area contributed by atoms with Crippen LogP contribution in [0.1, 0.15) is 29.9 Å². The van der Waals surface area contributed by atoms with Gasteiger partial charge in [-0.3, -0.25) is 4.90 Å². The van der Waals surface area contributed by atoms with Gasteiger partial charge in [0.25, 0.3) is 0 Å². The van der Waals surface area contributed by atoms with Gasteiger partial charge < -0.3 is 19.6 Å². The standard InChI is InChI=1S/C20H28N6O2/c1-16-12-18(28-23-16)15-24-8-10-26(11-9-24)20(27)22-14-17-4-5-19(21-13-17)25-6-2-3-7-25/h4-5,12-13H,2-3,6-11,14-15H2,1H3,(H,22,27). The van der Waals surface area contributed by atoms with E-state index in [1.54, 1.807) is 0 Å². The van der Waals surface area contributed by atoms with E-state index in [0.29, 0.717) is 19.6 Å². The molecule has 0 bridgehead atoms. The van der Waals surface area contributed by atoms with Crippen molar-refractivity contribution in [3.8, 4) is 0 Å². The first-order chi connectivity index (χ1) is 13.7. The molecule has 2 aliphatic heterocycles. The average molecular weight is 384 g/mol. The molecule has 4 rings (SSSR count). The number of carbonyl (C=O) groups is 1. The van der Waals surface area contributed by atoms with E-state index in [1.165, 1.54) is 12.8 Å². The molecule has 1 N–H and O–H groups in total. The van der Waals surface area contributed by atoms with E-state index in [1.807, 2.05) is 24.1 Å². The normalized spacial score (nSPS) is 17.9. The highest BCUT2D eigenvalue weighted by Gasteiger charge is 2.22. The second-order valence-electron chi connectivity index (χ2n) is 7.58. The molecule has 150 valence electrons. The van der Waals surface area contributed by atoms with Crippen molar-refractivity contribution in [2.24, 2.45) is 0 Å². The number of urea groups is 1. The summed E-state index contributed by atoms with van der Waals surface area (Å²) in [5.74, 6) is 1.91. The lowest BCUT2D eigenvalue weighted by Gasteiger charge is -2.34. The SMILES string of the molecule is Cc1cc(CN2CCN(C(=O)NCc3ccc(N4CCCC4)nc3)CC2)on1. The van der Waals surface area contributed by atoms with Crippen molar-refractivity contribution in [2.45, 2.75) is 32.9 Å². The zero-order chi connectivity index (χ0) is 19.3. The van der Waals surface area contributed by atoms with Gasteiger partial charge in [-0.1, -0.05) is 11.2 Å². The highest BCUT2D eigenvalue weighted by atomic mass is 16.5. The van der Waals surface area contributed by atoms with Crippen LogP contribution < -0.4 is 10.2 Å².